The lowest BCUT2D eigenvalue weighted by atomic mass is 10.1. The van der Waals surface area contributed by atoms with E-state index in [1.165, 1.54) is 11.1 Å². The fraction of sp³-hybridized carbons (Fsp3) is 0.259. The van der Waals surface area contributed by atoms with Crippen LogP contribution < -0.4 is 9.47 Å². The minimum atomic E-state index is 0.563. The first-order chi connectivity index (χ1) is 16.5. The van der Waals surface area contributed by atoms with E-state index in [0.29, 0.717) is 24.4 Å². The van der Waals surface area contributed by atoms with Gasteiger partial charge in [-0.05, 0) is 67.1 Å². The molecule has 0 N–H and O–H groups in total. The lowest BCUT2D eigenvalue weighted by Crippen LogP contribution is -2.22. The van der Waals surface area contributed by atoms with E-state index in [1.807, 2.05) is 28.9 Å². The van der Waals surface area contributed by atoms with Crippen molar-refractivity contribution in [2.24, 2.45) is 0 Å². The van der Waals surface area contributed by atoms with Gasteiger partial charge in [0.25, 0.3) is 0 Å². The first-order valence-corrected chi connectivity index (χ1v) is 11.6. The number of nitrogens with zero attached hydrogens (tertiary/aromatic N) is 4. The Morgan fingerprint density at radius 2 is 1.65 bits per heavy atom. The lowest BCUT2D eigenvalue weighted by Gasteiger charge is -2.17. The second kappa shape index (κ2) is 10.7. The van der Waals surface area contributed by atoms with Crippen LogP contribution in [0.25, 0.3) is 5.69 Å². The molecule has 0 atom stereocenters. The number of rotatable bonds is 9. The minimum absolute atomic E-state index is 0.563. The highest BCUT2D eigenvalue weighted by Gasteiger charge is 2.15. The van der Waals surface area contributed by atoms with E-state index in [-0.39, 0.29) is 0 Å². The molecule has 7 heteroatoms. The second-order valence-corrected chi connectivity index (χ2v) is 8.75. The van der Waals surface area contributed by atoms with Gasteiger partial charge in [-0.25, -0.2) is 4.68 Å². The third-order valence-corrected chi connectivity index (χ3v) is 6.04. The van der Waals surface area contributed by atoms with Gasteiger partial charge in [-0.2, -0.15) is 5.10 Å². The zero-order valence-corrected chi connectivity index (χ0v) is 20.9. The molecule has 0 aliphatic rings. The first kappa shape index (κ1) is 23.7. The summed E-state index contributed by atoms with van der Waals surface area (Å²) in [6.07, 6.45) is 0.699. The molecule has 34 heavy (non-hydrogen) atoms. The van der Waals surface area contributed by atoms with Crippen molar-refractivity contribution in [3.63, 3.8) is 0 Å². The summed E-state index contributed by atoms with van der Waals surface area (Å²) in [5, 5.41) is 4.94. The topological polar surface area (TPSA) is 44.5 Å². The van der Waals surface area contributed by atoms with Crippen LogP contribution in [0, 0.1) is 11.7 Å². The van der Waals surface area contributed by atoms with Crippen molar-refractivity contribution in [2.75, 3.05) is 21.3 Å². The van der Waals surface area contributed by atoms with Crippen molar-refractivity contribution >= 4 is 12.2 Å². The number of aromatic nitrogens is 3. The predicted molar refractivity (Wildman–Crippen MR) is 137 cm³/mol. The van der Waals surface area contributed by atoms with Gasteiger partial charge in [0.1, 0.15) is 5.82 Å². The summed E-state index contributed by atoms with van der Waals surface area (Å²) in [4.78, 5) is 2.18. The fourth-order valence-corrected chi connectivity index (χ4v) is 4.34. The molecule has 0 unspecified atom stereocenters. The Labute approximate surface area is 206 Å². The Morgan fingerprint density at radius 1 is 0.882 bits per heavy atom. The molecule has 4 aromatic rings. The highest BCUT2D eigenvalue weighted by Crippen LogP contribution is 2.28. The Bertz CT molecular complexity index is 1310. The summed E-state index contributed by atoms with van der Waals surface area (Å²) in [6, 6.07) is 24.7. The van der Waals surface area contributed by atoms with Crippen LogP contribution in [0.1, 0.15) is 22.5 Å². The number of hydrogen-bond donors (Lipinski definition) is 0. The molecule has 4 rings (SSSR count). The van der Waals surface area contributed by atoms with Crippen LogP contribution >= 0.6 is 12.2 Å². The molecule has 0 radical (unpaired) electrons. The predicted octanol–water partition coefficient (Wildman–Crippen LogP) is 5.41. The van der Waals surface area contributed by atoms with Gasteiger partial charge in [0.05, 0.1) is 20.9 Å². The summed E-state index contributed by atoms with van der Waals surface area (Å²) in [5.74, 6) is 2.36. The lowest BCUT2D eigenvalue weighted by molar-refractivity contribution is 0.243. The number of ether oxygens (including phenoxy) is 2. The Balaban J connectivity index is 1.63. The van der Waals surface area contributed by atoms with Gasteiger partial charge in [0.2, 0.25) is 4.77 Å². The SMILES string of the molecule is COc1ccc(CN(C)Cn2nc(Cc3ccccc3)n(-c3cccc(C)c3)c2=S)cc1OC. The van der Waals surface area contributed by atoms with Crippen LogP contribution in [0.3, 0.4) is 0 Å². The molecule has 0 fully saturated rings. The molecule has 0 saturated heterocycles. The molecular weight excluding hydrogens is 444 g/mol. The van der Waals surface area contributed by atoms with Crippen LogP contribution in [0.15, 0.2) is 72.8 Å². The van der Waals surface area contributed by atoms with Gasteiger partial charge in [-0.15, -0.1) is 0 Å². The fourth-order valence-electron chi connectivity index (χ4n) is 4.03. The Morgan fingerprint density at radius 3 is 2.35 bits per heavy atom. The summed E-state index contributed by atoms with van der Waals surface area (Å²) in [6.45, 7) is 3.37. The van der Waals surface area contributed by atoms with Gasteiger partial charge in [0.15, 0.2) is 11.5 Å². The van der Waals surface area contributed by atoms with E-state index < -0.39 is 0 Å². The number of aryl methyl sites for hydroxylation is 1. The van der Waals surface area contributed by atoms with Crippen LogP contribution in [0.4, 0.5) is 0 Å². The van der Waals surface area contributed by atoms with Crippen LogP contribution in [0.5, 0.6) is 11.5 Å². The Hall–Kier alpha value is -3.42. The summed E-state index contributed by atoms with van der Waals surface area (Å²) >= 11 is 5.91. The second-order valence-electron chi connectivity index (χ2n) is 8.38. The molecule has 1 aromatic heterocycles. The maximum absolute atomic E-state index is 5.91. The van der Waals surface area contributed by atoms with Gasteiger partial charge < -0.3 is 9.47 Å². The molecule has 6 nitrogen and oxygen atoms in total. The maximum Gasteiger partial charge on any atom is 0.203 e. The maximum atomic E-state index is 5.91. The largest absolute Gasteiger partial charge is 0.493 e. The van der Waals surface area contributed by atoms with Gasteiger partial charge in [-0.1, -0.05) is 48.5 Å². The number of methoxy groups -OCH3 is 2. The average molecular weight is 475 g/mol. The zero-order chi connectivity index (χ0) is 24.1. The third kappa shape index (κ3) is 5.38. The van der Waals surface area contributed by atoms with Gasteiger partial charge >= 0.3 is 0 Å². The molecule has 1 heterocycles. The van der Waals surface area contributed by atoms with Crippen molar-refractivity contribution in [3.8, 4) is 17.2 Å². The summed E-state index contributed by atoms with van der Waals surface area (Å²) in [7, 11) is 5.35. The standard InChI is InChI=1S/C27H30N4O2S/c1-20-9-8-12-23(15-20)31-26(17-21-10-6-5-7-11-21)28-30(27(31)34)19-29(2)18-22-13-14-24(32-3)25(16-22)33-4/h5-16H,17-19H2,1-4H3. The van der Waals surface area contributed by atoms with Crippen molar-refractivity contribution in [2.45, 2.75) is 26.6 Å². The van der Waals surface area contributed by atoms with Crippen molar-refractivity contribution in [1.82, 2.24) is 19.2 Å². The van der Waals surface area contributed by atoms with Crippen LogP contribution in [-0.2, 0) is 19.6 Å². The van der Waals surface area contributed by atoms with Gasteiger partial charge in [-0.3, -0.25) is 9.47 Å². The van der Waals surface area contributed by atoms with E-state index in [0.717, 1.165) is 28.6 Å². The van der Waals surface area contributed by atoms with Crippen molar-refractivity contribution in [1.29, 1.82) is 0 Å². The van der Waals surface area contributed by atoms with E-state index in [2.05, 4.69) is 72.0 Å². The first-order valence-electron chi connectivity index (χ1n) is 11.2. The molecule has 0 aliphatic carbocycles. The third-order valence-electron chi connectivity index (χ3n) is 5.65. The number of hydrogen-bond acceptors (Lipinski definition) is 5. The van der Waals surface area contributed by atoms with E-state index in [4.69, 9.17) is 26.8 Å². The van der Waals surface area contributed by atoms with Crippen LogP contribution in [-0.4, -0.2) is 40.5 Å². The molecule has 0 aliphatic heterocycles. The molecule has 176 valence electrons. The van der Waals surface area contributed by atoms with Crippen LogP contribution in [0.2, 0.25) is 0 Å². The highest BCUT2D eigenvalue weighted by atomic mass is 32.1. The molecule has 3 aromatic carbocycles. The molecule has 0 spiro atoms. The molecular formula is C27H30N4O2S. The summed E-state index contributed by atoms with van der Waals surface area (Å²) < 4.78 is 15.5. The quantitative estimate of drug-likeness (QED) is 0.304. The van der Waals surface area contributed by atoms with E-state index >= 15 is 0 Å². The number of benzene rings is 3. The Kier molecular flexibility index (Phi) is 7.45. The van der Waals surface area contributed by atoms with Crippen molar-refractivity contribution in [3.05, 3.63) is 100 Å². The van der Waals surface area contributed by atoms with Gasteiger partial charge in [0, 0.05) is 18.7 Å². The molecule has 0 bridgehead atoms. The zero-order valence-electron chi connectivity index (χ0n) is 20.1. The van der Waals surface area contributed by atoms with E-state index in [1.54, 1.807) is 14.2 Å². The minimum Gasteiger partial charge on any atom is -0.493 e. The van der Waals surface area contributed by atoms with Crippen molar-refractivity contribution < 1.29 is 9.47 Å². The normalized spacial score (nSPS) is 11.1. The smallest absolute Gasteiger partial charge is 0.203 e. The average Bonchev–Trinajstić information content (AvgIpc) is 3.13. The molecule has 0 saturated carbocycles. The molecule has 0 amide bonds. The highest BCUT2D eigenvalue weighted by molar-refractivity contribution is 7.71. The summed E-state index contributed by atoms with van der Waals surface area (Å²) in [5.41, 5.74) is 4.53. The van der Waals surface area contributed by atoms with E-state index in [9.17, 15) is 0 Å². The monoisotopic (exact) mass is 474 g/mol.